The number of aromatic nitrogens is 3. The molecular formula is C13H15N3O4S. The van der Waals surface area contributed by atoms with E-state index in [-0.39, 0.29) is 22.9 Å². The second-order valence-corrected chi connectivity index (χ2v) is 6.85. The average Bonchev–Trinajstić information content (AvgIpc) is 2.89. The van der Waals surface area contributed by atoms with E-state index in [4.69, 9.17) is 5.11 Å². The molecule has 0 aliphatic carbocycles. The summed E-state index contributed by atoms with van der Waals surface area (Å²) in [5.74, 6) is -1.36. The summed E-state index contributed by atoms with van der Waals surface area (Å²) in [6.45, 7) is 3.81. The van der Waals surface area contributed by atoms with Crippen molar-refractivity contribution in [2.45, 2.75) is 25.3 Å². The fourth-order valence-electron chi connectivity index (χ4n) is 1.74. The molecule has 0 spiro atoms. The van der Waals surface area contributed by atoms with Crippen LogP contribution in [0.5, 0.6) is 0 Å². The summed E-state index contributed by atoms with van der Waals surface area (Å²) in [4.78, 5) is 10.9. The van der Waals surface area contributed by atoms with Crippen LogP contribution in [0.25, 0.3) is 0 Å². The second kappa shape index (κ2) is 5.65. The van der Waals surface area contributed by atoms with Gasteiger partial charge in [0.15, 0.2) is 15.5 Å². The number of carboxylic acids is 1. The van der Waals surface area contributed by atoms with E-state index in [2.05, 4.69) is 10.3 Å². The molecule has 0 bridgehead atoms. The van der Waals surface area contributed by atoms with Gasteiger partial charge in [-0.25, -0.2) is 13.2 Å². The zero-order valence-corrected chi connectivity index (χ0v) is 12.5. The highest BCUT2D eigenvalue weighted by atomic mass is 32.2. The summed E-state index contributed by atoms with van der Waals surface area (Å²) in [6, 6.07) is 4.97. The minimum Gasteiger partial charge on any atom is -0.476 e. The molecule has 7 nitrogen and oxygen atoms in total. The van der Waals surface area contributed by atoms with Crippen molar-refractivity contribution < 1.29 is 18.3 Å². The quantitative estimate of drug-likeness (QED) is 0.886. The van der Waals surface area contributed by atoms with Crippen molar-refractivity contribution in [3.8, 4) is 0 Å². The van der Waals surface area contributed by atoms with Gasteiger partial charge in [0.1, 0.15) is 0 Å². The third kappa shape index (κ3) is 3.46. The lowest BCUT2D eigenvalue weighted by Crippen LogP contribution is -2.14. The summed E-state index contributed by atoms with van der Waals surface area (Å²) in [6.07, 6.45) is 1.21. The first kappa shape index (κ1) is 15.2. The van der Waals surface area contributed by atoms with E-state index in [1.54, 1.807) is 18.2 Å². The Bertz CT molecular complexity index is 780. The minimum atomic E-state index is -3.44. The molecule has 0 atom stereocenters. The van der Waals surface area contributed by atoms with Crippen LogP contribution in [0.4, 0.5) is 0 Å². The highest BCUT2D eigenvalue weighted by molar-refractivity contribution is 7.91. The van der Waals surface area contributed by atoms with Gasteiger partial charge < -0.3 is 5.11 Å². The zero-order chi connectivity index (χ0) is 15.6. The van der Waals surface area contributed by atoms with E-state index in [0.717, 1.165) is 11.1 Å². The fraction of sp³-hybridized carbons (Fsp3) is 0.308. The number of rotatable bonds is 5. The Morgan fingerprint density at radius 1 is 1.29 bits per heavy atom. The van der Waals surface area contributed by atoms with Crippen molar-refractivity contribution in [3.05, 3.63) is 41.2 Å². The predicted molar refractivity (Wildman–Crippen MR) is 75.0 cm³/mol. The maximum absolute atomic E-state index is 12.2. The van der Waals surface area contributed by atoms with Crippen LogP contribution in [-0.4, -0.2) is 40.2 Å². The zero-order valence-electron chi connectivity index (χ0n) is 11.6. The molecule has 1 aromatic heterocycles. The maximum Gasteiger partial charge on any atom is 0.358 e. The summed E-state index contributed by atoms with van der Waals surface area (Å²) >= 11 is 0. The van der Waals surface area contributed by atoms with Gasteiger partial charge >= 0.3 is 5.97 Å². The third-order valence-corrected chi connectivity index (χ3v) is 4.88. The Morgan fingerprint density at radius 2 is 2.00 bits per heavy atom. The number of benzene rings is 1. The summed E-state index contributed by atoms with van der Waals surface area (Å²) < 4.78 is 25.7. The van der Waals surface area contributed by atoms with E-state index in [1.807, 2.05) is 13.8 Å². The first-order valence-corrected chi connectivity index (χ1v) is 7.88. The molecule has 1 aromatic carbocycles. The highest BCUT2D eigenvalue weighted by Crippen LogP contribution is 2.16. The van der Waals surface area contributed by atoms with Crippen LogP contribution in [0, 0.1) is 13.8 Å². The molecule has 0 aliphatic rings. The van der Waals surface area contributed by atoms with Gasteiger partial charge in [0, 0.05) is 0 Å². The molecule has 112 valence electrons. The van der Waals surface area contributed by atoms with Gasteiger partial charge in [-0.3, -0.25) is 4.68 Å². The smallest absolute Gasteiger partial charge is 0.358 e. The van der Waals surface area contributed by atoms with E-state index in [9.17, 15) is 13.2 Å². The molecule has 0 amide bonds. The average molecular weight is 309 g/mol. The number of nitrogens with zero attached hydrogens (tertiary/aromatic N) is 3. The molecule has 0 aliphatic heterocycles. The van der Waals surface area contributed by atoms with Crippen LogP contribution in [0.15, 0.2) is 29.3 Å². The number of hydrogen-bond donors (Lipinski definition) is 1. The van der Waals surface area contributed by atoms with Crippen LogP contribution in [0.3, 0.4) is 0 Å². The van der Waals surface area contributed by atoms with Crippen LogP contribution >= 0.6 is 0 Å². The SMILES string of the molecule is Cc1ccc(S(=O)(=O)CCn2cc(C(=O)O)nn2)cc1C. The Labute approximate surface area is 122 Å². The summed E-state index contributed by atoms with van der Waals surface area (Å²) in [5.41, 5.74) is 1.72. The predicted octanol–water partition coefficient (Wildman–Crippen LogP) is 1.07. The van der Waals surface area contributed by atoms with Crippen LogP contribution in [0.2, 0.25) is 0 Å². The number of aryl methyl sites for hydroxylation is 3. The monoisotopic (exact) mass is 309 g/mol. The van der Waals surface area contributed by atoms with Gasteiger partial charge in [-0.15, -0.1) is 5.10 Å². The molecule has 1 heterocycles. The van der Waals surface area contributed by atoms with Gasteiger partial charge in [0.2, 0.25) is 0 Å². The van der Waals surface area contributed by atoms with Gasteiger partial charge in [0.25, 0.3) is 0 Å². The molecule has 0 radical (unpaired) electrons. The molecule has 0 saturated heterocycles. The summed E-state index contributed by atoms with van der Waals surface area (Å²) in [7, 11) is -3.44. The van der Waals surface area contributed by atoms with E-state index in [0.29, 0.717) is 0 Å². The van der Waals surface area contributed by atoms with Gasteiger partial charge in [-0.1, -0.05) is 11.3 Å². The molecular weight excluding hydrogens is 294 g/mol. The van der Waals surface area contributed by atoms with Crippen LogP contribution in [0.1, 0.15) is 21.6 Å². The van der Waals surface area contributed by atoms with Crippen molar-refractivity contribution in [1.29, 1.82) is 0 Å². The first-order chi connectivity index (χ1) is 9.79. The van der Waals surface area contributed by atoms with Crippen molar-refractivity contribution in [2.75, 3.05) is 5.75 Å². The summed E-state index contributed by atoms with van der Waals surface area (Å²) in [5, 5.41) is 15.7. The Hall–Kier alpha value is -2.22. The van der Waals surface area contributed by atoms with Gasteiger partial charge in [-0.05, 0) is 37.1 Å². The number of carboxylic acid groups (broad SMARTS) is 1. The number of sulfone groups is 1. The Balaban J connectivity index is 2.13. The van der Waals surface area contributed by atoms with Crippen LogP contribution < -0.4 is 0 Å². The van der Waals surface area contributed by atoms with Crippen molar-refractivity contribution in [1.82, 2.24) is 15.0 Å². The lowest BCUT2D eigenvalue weighted by Gasteiger charge is -2.07. The van der Waals surface area contributed by atoms with E-state index >= 15 is 0 Å². The standard InChI is InChI=1S/C13H15N3O4S/c1-9-3-4-11(7-10(9)2)21(19,20)6-5-16-8-12(13(17)18)14-15-16/h3-4,7-8H,5-6H2,1-2H3,(H,17,18). The second-order valence-electron chi connectivity index (χ2n) is 4.74. The number of carbonyl (C=O) groups is 1. The van der Waals surface area contributed by atoms with Gasteiger partial charge in [0.05, 0.1) is 23.4 Å². The normalized spacial score (nSPS) is 11.5. The lowest BCUT2D eigenvalue weighted by atomic mass is 10.1. The maximum atomic E-state index is 12.2. The molecule has 0 fully saturated rings. The van der Waals surface area contributed by atoms with Crippen LogP contribution in [-0.2, 0) is 16.4 Å². The highest BCUT2D eigenvalue weighted by Gasteiger charge is 2.16. The van der Waals surface area contributed by atoms with Crippen molar-refractivity contribution in [3.63, 3.8) is 0 Å². The molecule has 0 saturated carbocycles. The fourth-order valence-corrected chi connectivity index (χ4v) is 3.04. The molecule has 8 heteroatoms. The Morgan fingerprint density at radius 3 is 2.57 bits per heavy atom. The van der Waals surface area contributed by atoms with Crippen molar-refractivity contribution >= 4 is 15.8 Å². The minimum absolute atomic E-state index is 0.0511. The molecule has 2 rings (SSSR count). The van der Waals surface area contributed by atoms with E-state index < -0.39 is 15.8 Å². The molecule has 1 N–H and O–H groups in total. The largest absolute Gasteiger partial charge is 0.476 e. The molecule has 21 heavy (non-hydrogen) atoms. The van der Waals surface area contributed by atoms with Gasteiger partial charge in [-0.2, -0.15) is 0 Å². The number of hydrogen-bond acceptors (Lipinski definition) is 5. The van der Waals surface area contributed by atoms with Crippen molar-refractivity contribution in [2.24, 2.45) is 0 Å². The third-order valence-electron chi connectivity index (χ3n) is 3.18. The van der Waals surface area contributed by atoms with E-state index in [1.165, 1.54) is 10.9 Å². The topological polar surface area (TPSA) is 102 Å². The first-order valence-electron chi connectivity index (χ1n) is 6.23. The Kier molecular flexibility index (Phi) is 4.08. The number of aromatic carboxylic acids is 1. The molecule has 2 aromatic rings. The molecule has 0 unspecified atom stereocenters. The lowest BCUT2D eigenvalue weighted by molar-refractivity contribution is 0.0690.